The molecule has 0 aliphatic carbocycles. The number of non-ortho nitro benzene ring substituents is 1. The summed E-state index contributed by atoms with van der Waals surface area (Å²) >= 11 is 0. The molecule has 14 heavy (non-hydrogen) atoms. The molecule has 2 aromatic rings. The van der Waals surface area contributed by atoms with Crippen LogP contribution in [0.25, 0.3) is 11.4 Å². The Labute approximate surface area is 78.3 Å². The number of nitro groups is 1. The first-order chi connectivity index (χ1) is 6.77. The highest BCUT2D eigenvalue weighted by atomic mass is 16.6. The summed E-state index contributed by atoms with van der Waals surface area (Å²) in [6.07, 6.45) is 1.17. The number of hydrogen-bond donors (Lipinski definition) is 0. The molecule has 1 aromatic carbocycles. The third kappa shape index (κ3) is 1.45. The summed E-state index contributed by atoms with van der Waals surface area (Å²) in [5, 5.41) is 14.0. The maximum atomic E-state index is 10.5. The molecule has 0 unspecified atom stereocenters. The van der Waals surface area contributed by atoms with E-state index in [0.717, 1.165) is 0 Å². The van der Waals surface area contributed by atoms with Crippen molar-refractivity contribution in [1.82, 2.24) is 10.1 Å². The number of rotatable bonds is 2. The van der Waals surface area contributed by atoms with Crippen LogP contribution in [0.5, 0.6) is 0 Å². The molecule has 70 valence electrons. The zero-order chi connectivity index (χ0) is 9.97. The molecule has 1 heterocycles. The van der Waals surface area contributed by atoms with E-state index in [1.165, 1.54) is 18.5 Å². The van der Waals surface area contributed by atoms with Crippen LogP contribution in [0.4, 0.5) is 5.69 Å². The molecule has 0 saturated carbocycles. The zero-order valence-electron chi connectivity index (χ0n) is 6.95. The average Bonchev–Trinajstić information content (AvgIpc) is 2.71. The maximum Gasteiger partial charge on any atom is 0.270 e. The van der Waals surface area contributed by atoms with Crippen LogP contribution in [0, 0.1) is 10.1 Å². The van der Waals surface area contributed by atoms with Gasteiger partial charge in [0.15, 0.2) is 0 Å². The van der Waals surface area contributed by atoms with E-state index < -0.39 is 4.92 Å². The lowest BCUT2D eigenvalue weighted by Crippen LogP contribution is -1.88. The van der Waals surface area contributed by atoms with Crippen LogP contribution in [0.1, 0.15) is 0 Å². The molecular formula is C8H5N3O3. The van der Waals surface area contributed by atoms with E-state index in [4.69, 9.17) is 0 Å². The first-order valence-corrected chi connectivity index (χ1v) is 3.78. The van der Waals surface area contributed by atoms with Crippen molar-refractivity contribution < 1.29 is 9.45 Å². The van der Waals surface area contributed by atoms with Gasteiger partial charge in [0.05, 0.1) is 4.92 Å². The quantitative estimate of drug-likeness (QED) is 0.532. The Kier molecular flexibility index (Phi) is 1.94. The van der Waals surface area contributed by atoms with Gasteiger partial charge in [0, 0.05) is 17.7 Å². The molecule has 0 spiro atoms. The van der Waals surface area contributed by atoms with Gasteiger partial charge in [0.2, 0.25) is 12.2 Å². The van der Waals surface area contributed by atoms with Gasteiger partial charge in [-0.05, 0) is 0 Å². The Morgan fingerprint density at radius 3 is 2.93 bits per heavy atom. The van der Waals surface area contributed by atoms with Crippen molar-refractivity contribution >= 4 is 5.69 Å². The number of aromatic nitrogens is 2. The van der Waals surface area contributed by atoms with E-state index in [-0.39, 0.29) is 5.69 Å². The summed E-state index contributed by atoms with van der Waals surface area (Å²) in [6.45, 7) is 0. The number of hydrogen-bond acceptors (Lipinski definition) is 5. The first-order valence-electron chi connectivity index (χ1n) is 3.78. The molecule has 6 nitrogen and oxygen atoms in total. The third-order valence-electron chi connectivity index (χ3n) is 1.68. The van der Waals surface area contributed by atoms with Crippen LogP contribution in [0.2, 0.25) is 0 Å². The molecule has 6 heteroatoms. The first kappa shape index (κ1) is 8.36. The number of nitrogens with zero attached hydrogens (tertiary/aromatic N) is 3. The van der Waals surface area contributed by atoms with E-state index in [0.29, 0.717) is 11.4 Å². The van der Waals surface area contributed by atoms with Gasteiger partial charge in [-0.15, -0.1) is 0 Å². The molecule has 0 aliphatic rings. The predicted molar refractivity (Wildman–Crippen MR) is 46.4 cm³/mol. The highest BCUT2D eigenvalue weighted by Gasteiger charge is 2.09. The van der Waals surface area contributed by atoms with Gasteiger partial charge >= 0.3 is 0 Å². The Hall–Kier alpha value is -2.24. The molecule has 1 aromatic heterocycles. The van der Waals surface area contributed by atoms with Crippen LogP contribution >= 0.6 is 0 Å². The van der Waals surface area contributed by atoms with Crippen LogP contribution < -0.4 is 0 Å². The Balaban J connectivity index is 2.46. The molecular weight excluding hydrogens is 186 g/mol. The standard InChI is InChI=1S/C8H5N3O3/c12-11(13)7-3-1-2-6(4-7)8-9-5-14-10-8/h1-5H. The van der Waals surface area contributed by atoms with Gasteiger partial charge in [-0.25, -0.2) is 0 Å². The molecule has 0 radical (unpaired) electrons. The number of benzene rings is 1. The van der Waals surface area contributed by atoms with E-state index in [1.807, 2.05) is 0 Å². The summed E-state index contributed by atoms with van der Waals surface area (Å²) in [6, 6.07) is 6.05. The van der Waals surface area contributed by atoms with Crippen molar-refractivity contribution in [3.8, 4) is 11.4 Å². The van der Waals surface area contributed by atoms with Crippen LogP contribution in [0.15, 0.2) is 35.2 Å². The van der Waals surface area contributed by atoms with Crippen molar-refractivity contribution in [2.75, 3.05) is 0 Å². The molecule has 0 fully saturated rings. The Bertz CT molecular complexity index is 453. The fourth-order valence-corrected chi connectivity index (χ4v) is 1.06. The SMILES string of the molecule is O=[N+]([O-])c1cccc(-c2ncon2)c1. The Morgan fingerprint density at radius 2 is 2.29 bits per heavy atom. The largest absolute Gasteiger partial charge is 0.342 e. The molecule has 0 atom stereocenters. The molecule has 2 rings (SSSR count). The van der Waals surface area contributed by atoms with Crippen molar-refractivity contribution in [1.29, 1.82) is 0 Å². The van der Waals surface area contributed by atoms with Gasteiger partial charge < -0.3 is 4.52 Å². The van der Waals surface area contributed by atoms with E-state index in [1.54, 1.807) is 12.1 Å². The second kappa shape index (κ2) is 3.25. The minimum atomic E-state index is -0.469. The minimum absolute atomic E-state index is 0.00676. The van der Waals surface area contributed by atoms with Crippen molar-refractivity contribution in [3.05, 3.63) is 40.8 Å². The zero-order valence-corrected chi connectivity index (χ0v) is 6.95. The Morgan fingerprint density at radius 1 is 1.43 bits per heavy atom. The molecule has 0 amide bonds. The van der Waals surface area contributed by atoms with Gasteiger partial charge in [-0.3, -0.25) is 10.1 Å². The molecule has 0 saturated heterocycles. The van der Waals surface area contributed by atoms with Crippen molar-refractivity contribution in [2.24, 2.45) is 0 Å². The minimum Gasteiger partial charge on any atom is -0.342 e. The normalized spacial score (nSPS) is 10.0. The highest BCUT2D eigenvalue weighted by molar-refractivity contribution is 5.58. The van der Waals surface area contributed by atoms with E-state index in [9.17, 15) is 10.1 Å². The van der Waals surface area contributed by atoms with Gasteiger partial charge in [-0.2, -0.15) is 4.98 Å². The second-order valence-electron chi connectivity index (χ2n) is 2.56. The van der Waals surface area contributed by atoms with Gasteiger partial charge in [0.25, 0.3) is 5.69 Å². The molecule has 0 aliphatic heterocycles. The lowest BCUT2D eigenvalue weighted by molar-refractivity contribution is -0.384. The van der Waals surface area contributed by atoms with Crippen molar-refractivity contribution in [3.63, 3.8) is 0 Å². The smallest absolute Gasteiger partial charge is 0.270 e. The summed E-state index contributed by atoms with van der Waals surface area (Å²) in [5.41, 5.74) is 0.570. The van der Waals surface area contributed by atoms with Crippen molar-refractivity contribution in [2.45, 2.75) is 0 Å². The topological polar surface area (TPSA) is 82.1 Å². The predicted octanol–water partition coefficient (Wildman–Crippen LogP) is 1.64. The number of nitro benzene ring substituents is 1. The third-order valence-corrected chi connectivity index (χ3v) is 1.68. The summed E-state index contributed by atoms with van der Waals surface area (Å²) in [5.74, 6) is 0.341. The molecule has 0 N–H and O–H groups in total. The average molecular weight is 191 g/mol. The fourth-order valence-electron chi connectivity index (χ4n) is 1.06. The van der Waals surface area contributed by atoms with Crippen LogP contribution in [-0.2, 0) is 0 Å². The van der Waals surface area contributed by atoms with Gasteiger partial charge in [-0.1, -0.05) is 17.3 Å². The maximum absolute atomic E-state index is 10.5. The van der Waals surface area contributed by atoms with Crippen LogP contribution in [-0.4, -0.2) is 15.1 Å². The van der Waals surface area contributed by atoms with Crippen LogP contribution in [0.3, 0.4) is 0 Å². The van der Waals surface area contributed by atoms with E-state index >= 15 is 0 Å². The molecule has 0 bridgehead atoms. The second-order valence-corrected chi connectivity index (χ2v) is 2.56. The summed E-state index contributed by atoms with van der Waals surface area (Å²) in [7, 11) is 0. The fraction of sp³-hybridized carbons (Fsp3) is 0. The summed E-state index contributed by atoms with van der Waals surface area (Å²) < 4.78 is 4.54. The monoisotopic (exact) mass is 191 g/mol. The van der Waals surface area contributed by atoms with E-state index in [2.05, 4.69) is 14.7 Å². The lowest BCUT2D eigenvalue weighted by atomic mass is 10.2. The van der Waals surface area contributed by atoms with Gasteiger partial charge in [0.1, 0.15) is 0 Å². The lowest BCUT2D eigenvalue weighted by Gasteiger charge is -1.93. The summed E-state index contributed by atoms with van der Waals surface area (Å²) in [4.78, 5) is 13.8. The highest BCUT2D eigenvalue weighted by Crippen LogP contribution is 2.20.